The molecular formula is C14H27NO. The number of hydrogen-bond acceptors (Lipinski definition) is 2. The molecule has 0 aromatic rings. The van der Waals surface area contributed by atoms with E-state index < -0.39 is 0 Å². The highest BCUT2D eigenvalue weighted by atomic mass is 16.1. The van der Waals surface area contributed by atoms with Gasteiger partial charge in [-0.1, -0.05) is 20.8 Å². The Bertz CT molecular complexity index is 229. The van der Waals surface area contributed by atoms with Crippen molar-refractivity contribution in [3.63, 3.8) is 0 Å². The summed E-state index contributed by atoms with van der Waals surface area (Å²) >= 11 is 0. The third-order valence-electron chi connectivity index (χ3n) is 3.83. The molecule has 1 unspecified atom stereocenters. The first-order chi connectivity index (χ1) is 7.39. The summed E-state index contributed by atoms with van der Waals surface area (Å²) in [5.41, 5.74) is 0.441. The fourth-order valence-corrected chi connectivity index (χ4v) is 2.56. The van der Waals surface area contributed by atoms with Gasteiger partial charge in [0.1, 0.15) is 5.78 Å². The van der Waals surface area contributed by atoms with E-state index in [1.165, 1.54) is 32.4 Å². The smallest absolute Gasteiger partial charge is 0.131 e. The lowest BCUT2D eigenvalue weighted by Gasteiger charge is -2.29. The number of Topliss-reactive ketones (excluding diaryl/α,β-unsaturated/α-hetero) is 1. The zero-order valence-corrected chi connectivity index (χ0v) is 11.4. The van der Waals surface area contributed by atoms with Gasteiger partial charge < -0.3 is 4.90 Å². The molecule has 1 aliphatic heterocycles. The second-order valence-corrected chi connectivity index (χ2v) is 6.29. The molecule has 16 heavy (non-hydrogen) atoms. The van der Waals surface area contributed by atoms with Crippen molar-refractivity contribution >= 4 is 5.78 Å². The number of carbonyl (C=O) groups is 1. The van der Waals surface area contributed by atoms with Gasteiger partial charge in [-0.25, -0.2) is 0 Å². The van der Waals surface area contributed by atoms with Gasteiger partial charge in [-0.05, 0) is 50.6 Å². The van der Waals surface area contributed by atoms with Crippen LogP contribution in [0, 0.1) is 11.3 Å². The highest BCUT2D eigenvalue weighted by molar-refractivity contribution is 5.75. The Hall–Kier alpha value is -0.370. The maximum absolute atomic E-state index is 11.0. The SMILES string of the molecule is CC(=O)CCN1CCCC(C(C)(C)C)CC1. The zero-order valence-electron chi connectivity index (χ0n) is 11.4. The number of nitrogens with zero attached hydrogens (tertiary/aromatic N) is 1. The Kier molecular flexibility index (Phi) is 4.97. The van der Waals surface area contributed by atoms with Gasteiger partial charge in [0.2, 0.25) is 0 Å². The molecule has 0 N–H and O–H groups in total. The van der Waals surface area contributed by atoms with Crippen LogP contribution < -0.4 is 0 Å². The summed E-state index contributed by atoms with van der Waals surface area (Å²) in [4.78, 5) is 13.4. The molecule has 2 nitrogen and oxygen atoms in total. The molecule has 2 heteroatoms. The minimum Gasteiger partial charge on any atom is -0.303 e. The van der Waals surface area contributed by atoms with E-state index >= 15 is 0 Å². The molecule has 0 radical (unpaired) electrons. The van der Waals surface area contributed by atoms with Crippen molar-refractivity contribution in [3.8, 4) is 0 Å². The van der Waals surface area contributed by atoms with E-state index in [9.17, 15) is 4.79 Å². The van der Waals surface area contributed by atoms with Crippen molar-refractivity contribution in [1.29, 1.82) is 0 Å². The number of rotatable bonds is 3. The Labute approximate surface area is 100 Å². The standard InChI is InChI=1S/C14H27NO/c1-12(16)7-10-15-9-5-6-13(8-11-15)14(2,3)4/h13H,5-11H2,1-4H3. The van der Waals surface area contributed by atoms with Gasteiger partial charge in [0, 0.05) is 13.0 Å². The molecule has 1 fully saturated rings. The summed E-state index contributed by atoms with van der Waals surface area (Å²) in [6.07, 6.45) is 4.65. The van der Waals surface area contributed by atoms with Gasteiger partial charge in [0.25, 0.3) is 0 Å². The molecule has 0 aromatic heterocycles. The molecule has 0 saturated carbocycles. The normalized spacial score (nSPS) is 24.1. The lowest BCUT2D eigenvalue weighted by molar-refractivity contribution is -0.117. The second kappa shape index (κ2) is 5.81. The molecule has 0 bridgehead atoms. The maximum atomic E-state index is 11.0. The Morgan fingerprint density at radius 3 is 2.50 bits per heavy atom. The van der Waals surface area contributed by atoms with Gasteiger partial charge in [-0.15, -0.1) is 0 Å². The molecule has 0 aliphatic carbocycles. The van der Waals surface area contributed by atoms with Crippen LogP contribution in [-0.4, -0.2) is 30.3 Å². The third kappa shape index (κ3) is 4.65. The van der Waals surface area contributed by atoms with Crippen molar-refractivity contribution in [1.82, 2.24) is 4.90 Å². The summed E-state index contributed by atoms with van der Waals surface area (Å²) in [6, 6.07) is 0. The molecule has 1 atom stereocenters. The largest absolute Gasteiger partial charge is 0.303 e. The zero-order chi connectivity index (χ0) is 12.2. The van der Waals surface area contributed by atoms with E-state index in [1.54, 1.807) is 6.92 Å². The van der Waals surface area contributed by atoms with Crippen molar-refractivity contribution in [2.24, 2.45) is 11.3 Å². The topological polar surface area (TPSA) is 20.3 Å². The lowest BCUT2D eigenvalue weighted by Crippen LogP contribution is -2.28. The summed E-state index contributed by atoms with van der Waals surface area (Å²) in [7, 11) is 0. The van der Waals surface area contributed by atoms with Crippen LogP contribution in [0.15, 0.2) is 0 Å². The molecule has 0 spiro atoms. The first-order valence-electron chi connectivity index (χ1n) is 6.61. The molecule has 94 valence electrons. The minimum atomic E-state index is 0.316. The van der Waals surface area contributed by atoms with E-state index in [1.807, 2.05) is 0 Å². The van der Waals surface area contributed by atoms with Gasteiger partial charge in [-0.3, -0.25) is 4.79 Å². The van der Waals surface area contributed by atoms with Crippen LogP contribution in [0.3, 0.4) is 0 Å². The molecule has 1 heterocycles. The van der Waals surface area contributed by atoms with Gasteiger partial charge in [-0.2, -0.15) is 0 Å². The molecule has 1 saturated heterocycles. The van der Waals surface area contributed by atoms with Crippen molar-refractivity contribution in [3.05, 3.63) is 0 Å². The second-order valence-electron chi connectivity index (χ2n) is 6.29. The van der Waals surface area contributed by atoms with Crippen LogP contribution in [-0.2, 0) is 4.79 Å². The quantitative estimate of drug-likeness (QED) is 0.735. The van der Waals surface area contributed by atoms with Crippen LogP contribution in [0.1, 0.15) is 53.4 Å². The first-order valence-corrected chi connectivity index (χ1v) is 6.61. The van der Waals surface area contributed by atoms with E-state index in [0.29, 0.717) is 11.2 Å². The van der Waals surface area contributed by atoms with Gasteiger partial charge >= 0.3 is 0 Å². The monoisotopic (exact) mass is 225 g/mol. The predicted molar refractivity (Wildman–Crippen MR) is 68.5 cm³/mol. The average Bonchev–Trinajstić information content (AvgIpc) is 2.38. The molecule has 0 aromatic carbocycles. The molecule has 1 aliphatic rings. The Morgan fingerprint density at radius 1 is 1.25 bits per heavy atom. The number of likely N-dealkylation sites (tertiary alicyclic amines) is 1. The van der Waals surface area contributed by atoms with Crippen LogP contribution in [0.5, 0.6) is 0 Å². The van der Waals surface area contributed by atoms with Crippen molar-refractivity contribution in [2.45, 2.75) is 53.4 Å². The number of carbonyl (C=O) groups excluding carboxylic acids is 1. The summed E-state index contributed by atoms with van der Waals surface area (Å²) in [6.45, 7) is 12.1. The van der Waals surface area contributed by atoms with Crippen molar-refractivity contribution in [2.75, 3.05) is 19.6 Å². The Morgan fingerprint density at radius 2 is 1.94 bits per heavy atom. The molecule has 0 amide bonds. The maximum Gasteiger partial charge on any atom is 0.131 e. The third-order valence-corrected chi connectivity index (χ3v) is 3.83. The average molecular weight is 225 g/mol. The summed E-state index contributed by atoms with van der Waals surface area (Å²) < 4.78 is 0. The number of ketones is 1. The van der Waals surface area contributed by atoms with E-state index in [0.717, 1.165) is 18.9 Å². The fraction of sp³-hybridized carbons (Fsp3) is 0.929. The van der Waals surface area contributed by atoms with Crippen molar-refractivity contribution < 1.29 is 4.79 Å². The Balaban J connectivity index is 2.37. The van der Waals surface area contributed by atoms with E-state index in [2.05, 4.69) is 25.7 Å². The lowest BCUT2D eigenvalue weighted by atomic mass is 9.77. The van der Waals surface area contributed by atoms with Crippen LogP contribution in [0.2, 0.25) is 0 Å². The highest BCUT2D eigenvalue weighted by Crippen LogP contribution is 2.34. The predicted octanol–water partition coefficient (Wildman–Crippen LogP) is 3.11. The molecule has 1 rings (SSSR count). The fourth-order valence-electron chi connectivity index (χ4n) is 2.56. The van der Waals surface area contributed by atoms with E-state index in [4.69, 9.17) is 0 Å². The first kappa shape index (κ1) is 13.7. The van der Waals surface area contributed by atoms with Crippen LogP contribution in [0.4, 0.5) is 0 Å². The van der Waals surface area contributed by atoms with Gasteiger partial charge in [0.15, 0.2) is 0 Å². The summed E-state index contributed by atoms with van der Waals surface area (Å²) in [5.74, 6) is 1.16. The van der Waals surface area contributed by atoms with Crippen LogP contribution in [0.25, 0.3) is 0 Å². The van der Waals surface area contributed by atoms with Crippen LogP contribution >= 0.6 is 0 Å². The van der Waals surface area contributed by atoms with Gasteiger partial charge in [0.05, 0.1) is 0 Å². The minimum absolute atomic E-state index is 0.316. The molecular weight excluding hydrogens is 198 g/mol. The van der Waals surface area contributed by atoms with E-state index in [-0.39, 0.29) is 0 Å². The summed E-state index contributed by atoms with van der Waals surface area (Å²) in [5, 5.41) is 0. The highest BCUT2D eigenvalue weighted by Gasteiger charge is 2.26. The number of hydrogen-bond donors (Lipinski definition) is 0.